The van der Waals surface area contributed by atoms with Gasteiger partial charge in [-0.15, -0.1) is 0 Å². The van der Waals surface area contributed by atoms with Crippen molar-refractivity contribution in [1.29, 1.82) is 0 Å². The van der Waals surface area contributed by atoms with E-state index in [2.05, 4.69) is 10.4 Å². The Morgan fingerprint density at radius 2 is 1.61 bits per heavy atom. The molecule has 1 aliphatic heterocycles. The molecule has 2 atom stereocenters. The maximum Gasteiger partial charge on any atom is 0.261 e. The number of para-hydroxylation sites is 1. The highest BCUT2D eigenvalue weighted by Crippen LogP contribution is 2.34. The Balaban J connectivity index is 1.35. The Kier molecular flexibility index (Phi) is 5.54. The van der Waals surface area contributed by atoms with Crippen molar-refractivity contribution >= 4 is 23.5 Å². The van der Waals surface area contributed by atoms with Gasteiger partial charge in [-0.1, -0.05) is 43.2 Å². The zero-order valence-corrected chi connectivity index (χ0v) is 18.5. The van der Waals surface area contributed by atoms with Gasteiger partial charge in [-0.05, 0) is 49.9 Å². The first-order chi connectivity index (χ1) is 16.0. The number of benzene rings is 2. The molecular weight excluding hydrogens is 416 g/mol. The molecule has 1 saturated carbocycles. The first-order valence-electron chi connectivity index (χ1n) is 11.4. The highest BCUT2D eigenvalue weighted by Gasteiger charge is 2.40. The van der Waals surface area contributed by atoms with Crippen LogP contribution in [0.1, 0.15) is 52.1 Å². The van der Waals surface area contributed by atoms with Crippen molar-refractivity contribution in [2.45, 2.75) is 32.6 Å². The highest BCUT2D eigenvalue weighted by molar-refractivity contribution is 6.21. The van der Waals surface area contributed by atoms with E-state index in [4.69, 9.17) is 0 Å². The summed E-state index contributed by atoms with van der Waals surface area (Å²) in [5, 5.41) is 7.60. The molecule has 7 nitrogen and oxygen atoms in total. The Hall–Kier alpha value is -3.74. The summed E-state index contributed by atoms with van der Waals surface area (Å²) >= 11 is 0. The number of amides is 3. The SMILES string of the molecule is Cc1cc(NC(=O)C2CCCCC2CN2C(=O)c3ccccc3C2=O)n(-c2ccccc2)n1. The summed E-state index contributed by atoms with van der Waals surface area (Å²) < 4.78 is 1.73. The number of carbonyl (C=O) groups excluding carboxylic acids is 3. The molecule has 2 aromatic carbocycles. The van der Waals surface area contributed by atoms with Gasteiger partial charge in [-0.2, -0.15) is 5.10 Å². The lowest BCUT2D eigenvalue weighted by Crippen LogP contribution is -2.41. The van der Waals surface area contributed by atoms with Gasteiger partial charge in [-0.3, -0.25) is 19.3 Å². The predicted octanol–water partition coefficient (Wildman–Crippen LogP) is 4.22. The van der Waals surface area contributed by atoms with Crippen LogP contribution in [0.3, 0.4) is 0 Å². The summed E-state index contributed by atoms with van der Waals surface area (Å²) in [6.45, 7) is 2.15. The van der Waals surface area contributed by atoms with Gasteiger partial charge in [0.2, 0.25) is 5.91 Å². The van der Waals surface area contributed by atoms with E-state index in [9.17, 15) is 14.4 Å². The molecule has 3 aromatic rings. The molecule has 2 unspecified atom stereocenters. The van der Waals surface area contributed by atoms with Crippen LogP contribution >= 0.6 is 0 Å². The van der Waals surface area contributed by atoms with Crippen LogP contribution in [0.4, 0.5) is 5.82 Å². The van der Waals surface area contributed by atoms with Crippen molar-refractivity contribution in [1.82, 2.24) is 14.7 Å². The lowest BCUT2D eigenvalue weighted by molar-refractivity contribution is -0.122. The Morgan fingerprint density at radius 1 is 0.970 bits per heavy atom. The van der Waals surface area contributed by atoms with E-state index in [0.717, 1.165) is 37.1 Å². The zero-order chi connectivity index (χ0) is 22.9. The number of aryl methyl sites for hydroxylation is 1. The minimum Gasteiger partial charge on any atom is -0.310 e. The summed E-state index contributed by atoms with van der Waals surface area (Å²) in [6.07, 6.45) is 3.48. The number of nitrogens with one attached hydrogen (secondary N) is 1. The van der Waals surface area contributed by atoms with Gasteiger partial charge < -0.3 is 5.32 Å². The van der Waals surface area contributed by atoms with E-state index in [1.807, 2.05) is 43.3 Å². The second kappa shape index (κ2) is 8.65. The third-order valence-corrected chi connectivity index (χ3v) is 6.62. The van der Waals surface area contributed by atoms with Gasteiger partial charge in [0.1, 0.15) is 5.82 Å². The van der Waals surface area contributed by atoms with E-state index < -0.39 is 0 Å². The van der Waals surface area contributed by atoms with E-state index >= 15 is 0 Å². The molecule has 1 fully saturated rings. The number of fused-ring (bicyclic) bond motifs is 1. The van der Waals surface area contributed by atoms with Crippen LogP contribution in [0.25, 0.3) is 5.69 Å². The predicted molar refractivity (Wildman–Crippen MR) is 124 cm³/mol. The third-order valence-electron chi connectivity index (χ3n) is 6.62. The average molecular weight is 443 g/mol. The number of hydrogen-bond donors (Lipinski definition) is 1. The number of carbonyl (C=O) groups is 3. The molecule has 5 rings (SSSR count). The molecule has 2 aliphatic rings. The summed E-state index contributed by atoms with van der Waals surface area (Å²) in [6, 6.07) is 18.4. The molecule has 7 heteroatoms. The van der Waals surface area contributed by atoms with Gasteiger partial charge in [0.25, 0.3) is 11.8 Å². The van der Waals surface area contributed by atoms with Crippen LogP contribution in [0, 0.1) is 18.8 Å². The Morgan fingerprint density at radius 3 is 2.30 bits per heavy atom. The molecule has 2 heterocycles. The van der Waals surface area contributed by atoms with E-state index in [1.54, 1.807) is 28.9 Å². The van der Waals surface area contributed by atoms with Crippen LogP contribution in [0.15, 0.2) is 60.7 Å². The normalized spacial score (nSPS) is 20.1. The molecule has 3 amide bonds. The van der Waals surface area contributed by atoms with Gasteiger partial charge in [0.05, 0.1) is 22.5 Å². The largest absolute Gasteiger partial charge is 0.310 e. The number of rotatable bonds is 5. The smallest absolute Gasteiger partial charge is 0.261 e. The van der Waals surface area contributed by atoms with E-state index in [1.165, 1.54) is 4.90 Å². The summed E-state index contributed by atoms with van der Waals surface area (Å²) in [5.41, 5.74) is 2.57. The molecule has 0 radical (unpaired) electrons. The third kappa shape index (κ3) is 3.95. The number of nitrogens with zero attached hydrogens (tertiary/aromatic N) is 3. The number of anilines is 1. The fourth-order valence-electron chi connectivity index (χ4n) is 4.98. The number of imide groups is 1. The molecule has 0 spiro atoms. The molecule has 0 saturated heterocycles. The first kappa shape index (κ1) is 21.1. The molecule has 1 N–H and O–H groups in total. The molecular formula is C26H26N4O3. The van der Waals surface area contributed by atoms with Gasteiger partial charge >= 0.3 is 0 Å². The van der Waals surface area contributed by atoms with Gasteiger partial charge in [-0.25, -0.2) is 4.68 Å². The maximum absolute atomic E-state index is 13.4. The van der Waals surface area contributed by atoms with Crippen LogP contribution in [0.2, 0.25) is 0 Å². The number of hydrogen-bond acceptors (Lipinski definition) is 4. The highest BCUT2D eigenvalue weighted by atomic mass is 16.2. The standard InChI is InChI=1S/C26H26N4O3/c1-17-15-23(30(28-17)19-10-3-2-4-11-19)27-24(31)20-12-6-5-9-18(20)16-29-25(32)21-13-7-8-14-22(21)26(29)33/h2-4,7-8,10-11,13-15,18,20H,5-6,9,12,16H2,1H3,(H,27,31). The van der Waals surface area contributed by atoms with Crippen molar-refractivity contribution < 1.29 is 14.4 Å². The zero-order valence-electron chi connectivity index (χ0n) is 18.5. The van der Waals surface area contributed by atoms with Gasteiger partial charge in [0, 0.05) is 18.5 Å². The van der Waals surface area contributed by atoms with Crippen LogP contribution in [-0.2, 0) is 4.79 Å². The van der Waals surface area contributed by atoms with Crippen molar-refractivity contribution in [2.24, 2.45) is 11.8 Å². The fourth-order valence-corrected chi connectivity index (χ4v) is 4.98. The second-order valence-corrected chi connectivity index (χ2v) is 8.83. The number of aromatic nitrogens is 2. The summed E-state index contributed by atoms with van der Waals surface area (Å²) in [4.78, 5) is 40.4. The second-order valence-electron chi connectivity index (χ2n) is 8.83. The fraction of sp³-hybridized carbons (Fsp3) is 0.308. The van der Waals surface area contributed by atoms with Crippen molar-refractivity contribution in [3.63, 3.8) is 0 Å². The minimum absolute atomic E-state index is 0.0739. The van der Waals surface area contributed by atoms with Crippen molar-refractivity contribution in [2.75, 3.05) is 11.9 Å². The van der Waals surface area contributed by atoms with Crippen molar-refractivity contribution in [3.8, 4) is 5.69 Å². The molecule has 0 bridgehead atoms. The monoisotopic (exact) mass is 442 g/mol. The molecule has 1 aromatic heterocycles. The van der Waals surface area contributed by atoms with Crippen molar-refractivity contribution in [3.05, 3.63) is 77.5 Å². The Labute approximate surface area is 192 Å². The minimum atomic E-state index is -0.275. The van der Waals surface area contributed by atoms with E-state index in [-0.39, 0.29) is 36.1 Å². The summed E-state index contributed by atoms with van der Waals surface area (Å²) in [5.74, 6) is -0.351. The topological polar surface area (TPSA) is 84.3 Å². The molecule has 168 valence electrons. The van der Waals surface area contributed by atoms with Gasteiger partial charge in [0.15, 0.2) is 0 Å². The summed E-state index contributed by atoms with van der Waals surface area (Å²) in [7, 11) is 0. The van der Waals surface area contributed by atoms with E-state index in [0.29, 0.717) is 16.9 Å². The van der Waals surface area contributed by atoms with Crippen LogP contribution in [0.5, 0.6) is 0 Å². The van der Waals surface area contributed by atoms with Crippen LogP contribution in [-0.4, -0.2) is 38.9 Å². The lowest BCUT2D eigenvalue weighted by atomic mass is 9.78. The van der Waals surface area contributed by atoms with Crippen LogP contribution < -0.4 is 5.32 Å². The average Bonchev–Trinajstić information content (AvgIpc) is 3.32. The molecule has 33 heavy (non-hydrogen) atoms. The maximum atomic E-state index is 13.4. The lowest BCUT2D eigenvalue weighted by Gasteiger charge is -2.32. The molecule has 1 aliphatic carbocycles. The first-order valence-corrected chi connectivity index (χ1v) is 11.4. The quantitative estimate of drug-likeness (QED) is 0.600. The Bertz CT molecular complexity index is 1180.